The summed E-state index contributed by atoms with van der Waals surface area (Å²) in [6.07, 6.45) is 14.5. The Morgan fingerprint density at radius 3 is 2.38 bits per heavy atom. The van der Waals surface area contributed by atoms with Crippen molar-refractivity contribution in [2.24, 2.45) is 28.5 Å². The van der Waals surface area contributed by atoms with Crippen LogP contribution in [0.5, 0.6) is 0 Å². The molecular weight excluding hydrogens is 751 g/mol. The van der Waals surface area contributed by atoms with Gasteiger partial charge in [0.1, 0.15) is 11.6 Å². The topological polar surface area (TPSA) is 150 Å². The monoisotopic (exact) mass is 816 g/mol. The number of nitrogens with zero attached hydrogens (tertiary/aromatic N) is 4. The van der Waals surface area contributed by atoms with Gasteiger partial charge in [-0.3, -0.25) is 29.1 Å². The molecule has 2 aliphatic heterocycles. The first-order valence-electron chi connectivity index (χ1n) is 22.4. The molecule has 4 N–H and O–H groups in total. The minimum atomic E-state index is -0.287. The van der Waals surface area contributed by atoms with E-state index in [0.29, 0.717) is 78.7 Å². The molecule has 3 aliphatic rings. The highest BCUT2D eigenvalue weighted by molar-refractivity contribution is 6.08. The summed E-state index contributed by atoms with van der Waals surface area (Å²) < 4.78 is 0. The van der Waals surface area contributed by atoms with E-state index in [9.17, 15) is 19.2 Å². The fourth-order valence-corrected chi connectivity index (χ4v) is 8.75. The van der Waals surface area contributed by atoms with Crippen molar-refractivity contribution in [3.8, 4) is 0 Å². The molecule has 320 valence electrons. The lowest BCUT2D eigenvalue weighted by atomic mass is 9.77. The van der Waals surface area contributed by atoms with Crippen LogP contribution < -0.4 is 16.4 Å². The van der Waals surface area contributed by atoms with E-state index < -0.39 is 0 Å². The van der Waals surface area contributed by atoms with E-state index >= 15 is 0 Å². The fourth-order valence-electron chi connectivity index (χ4n) is 8.75. The Morgan fingerprint density at radius 1 is 0.933 bits per heavy atom. The van der Waals surface area contributed by atoms with E-state index in [-0.39, 0.29) is 30.1 Å². The second kappa shape index (κ2) is 21.4. The number of benzene rings is 2. The van der Waals surface area contributed by atoms with E-state index in [2.05, 4.69) is 53.2 Å². The molecule has 1 saturated carbocycles. The molecule has 1 fully saturated rings. The van der Waals surface area contributed by atoms with Gasteiger partial charge in [-0.05, 0) is 104 Å². The number of rotatable bonds is 18. The van der Waals surface area contributed by atoms with E-state index in [0.717, 1.165) is 79.4 Å². The smallest absolute Gasteiger partial charge is 0.255 e. The lowest BCUT2D eigenvalue weighted by molar-refractivity contribution is -0.127. The molecular formula is C49H65N7O4. The minimum absolute atomic E-state index is 0.0286. The third kappa shape index (κ3) is 12.2. The van der Waals surface area contributed by atoms with Crippen molar-refractivity contribution in [1.29, 1.82) is 0 Å². The molecule has 11 heteroatoms. The van der Waals surface area contributed by atoms with Gasteiger partial charge in [-0.15, -0.1) is 0 Å². The van der Waals surface area contributed by atoms with Crippen LogP contribution in [-0.2, 0) is 29.1 Å². The third-order valence-corrected chi connectivity index (χ3v) is 12.1. The highest BCUT2D eigenvalue weighted by atomic mass is 16.2. The zero-order valence-electron chi connectivity index (χ0n) is 36.2. The molecule has 3 heterocycles. The van der Waals surface area contributed by atoms with Gasteiger partial charge in [-0.2, -0.15) is 0 Å². The molecule has 2 aromatic carbocycles. The summed E-state index contributed by atoms with van der Waals surface area (Å²) >= 11 is 0. The van der Waals surface area contributed by atoms with Crippen molar-refractivity contribution < 1.29 is 19.2 Å². The van der Waals surface area contributed by atoms with Crippen LogP contribution >= 0.6 is 0 Å². The SMILES string of the molecule is CCCN(CCC)C(=O)C1=Cc2ccc(C(=O)Nc3cnc4c(c3)CN(Cc3ccc(C(=O)NCCCC(=O)C5CCC(CCC(C)C)CC5)cc3)CC4)cc2N=C(N)C1. The number of nitrogens with two attached hydrogens (primary N) is 1. The number of amides is 3. The Balaban J connectivity index is 0.968. The van der Waals surface area contributed by atoms with E-state index in [1.807, 2.05) is 47.4 Å². The number of pyridine rings is 1. The maximum atomic E-state index is 13.5. The van der Waals surface area contributed by atoms with Gasteiger partial charge >= 0.3 is 0 Å². The number of anilines is 1. The number of amidine groups is 1. The first-order valence-corrected chi connectivity index (χ1v) is 22.4. The highest BCUT2D eigenvalue weighted by Crippen LogP contribution is 2.34. The molecule has 60 heavy (non-hydrogen) atoms. The third-order valence-electron chi connectivity index (χ3n) is 12.1. The molecule has 0 unspecified atom stereocenters. The number of hydrogen-bond acceptors (Lipinski definition) is 8. The van der Waals surface area contributed by atoms with Crippen LogP contribution in [0, 0.1) is 17.8 Å². The van der Waals surface area contributed by atoms with Crippen molar-refractivity contribution in [2.45, 2.75) is 118 Å². The first-order chi connectivity index (χ1) is 29.0. The maximum absolute atomic E-state index is 13.5. The molecule has 6 rings (SSSR count). The normalized spacial score (nSPS) is 17.8. The van der Waals surface area contributed by atoms with Crippen molar-refractivity contribution in [1.82, 2.24) is 20.1 Å². The van der Waals surface area contributed by atoms with E-state index in [1.165, 1.54) is 25.7 Å². The summed E-state index contributed by atoms with van der Waals surface area (Å²) in [7, 11) is 0. The minimum Gasteiger partial charge on any atom is -0.387 e. The first kappa shape index (κ1) is 44.4. The number of carbonyl (C=O) groups is 4. The Bertz CT molecular complexity index is 2040. The van der Waals surface area contributed by atoms with Crippen LogP contribution in [0.2, 0.25) is 0 Å². The van der Waals surface area contributed by atoms with Gasteiger partial charge in [0.05, 0.1) is 17.6 Å². The zero-order chi connectivity index (χ0) is 42.6. The lowest BCUT2D eigenvalue weighted by Gasteiger charge is -2.28. The van der Waals surface area contributed by atoms with Crippen LogP contribution in [0.25, 0.3) is 6.08 Å². The van der Waals surface area contributed by atoms with Gasteiger partial charge in [0.15, 0.2) is 0 Å². The average molecular weight is 816 g/mol. The summed E-state index contributed by atoms with van der Waals surface area (Å²) in [6, 6.07) is 15.0. The van der Waals surface area contributed by atoms with Crippen molar-refractivity contribution in [2.75, 3.05) is 31.5 Å². The van der Waals surface area contributed by atoms with Crippen molar-refractivity contribution >= 4 is 46.8 Å². The largest absolute Gasteiger partial charge is 0.387 e. The Kier molecular flexibility index (Phi) is 15.8. The van der Waals surface area contributed by atoms with Gasteiger partial charge in [0.25, 0.3) is 11.8 Å². The van der Waals surface area contributed by atoms with Crippen molar-refractivity contribution in [3.05, 3.63) is 93.8 Å². The second-order valence-electron chi connectivity index (χ2n) is 17.5. The Labute approximate surface area is 356 Å². The van der Waals surface area contributed by atoms with Gasteiger partial charge in [-0.25, -0.2) is 4.99 Å². The van der Waals surface area contributed by atoms with Gasteiger partial charge in [-0.1, -0.05) is 58.7 Å². The average Bonchev–Trinajstić information content (AvgIpc) is 3.41. The van der Waals surface area contributed by atoms with E-state index in [4.69, 9.17) is 5.73 Å². The van der Waals surface area contributed by atoms with Crippen LogP contribution in [-0.4, -0.2) is 70.3 Å². The van der Waals surface area contributed by atoms with Crippen LogP contribution in [0.4, 0.5) is 11.4 Å². The van der Waals surface area contributed by atoms with Gasteiger partial charge in [0, 0.05) is 92.4 Å². The Hall–Kier alpha value is -5.16. The maximum Gasteiger partial charge on any atom is 0.255 e. The van der Waals surface area contributed by atoms with E-state index in [1.54, 1.807) is 18.3 Å². The zero-order valence-corrected chi connectivity index (χ0v) is 36.2. The Morgan fingerprint density at radius 2 is 1.67 bits per heavy atom. The second-order valence-corrected chi connectivity index (χ2v) is 17.5. The predicted molar refractivity (Wildman–Crippen MR) is 240 cm³/mol. The molecule has 0 spiro atoms. The number of ketones is 1. The van der Waals surface area contributed by atoms with Crippen LogP contribution in [0.15, 0.2) is 65.3 Å². The predicted octanol–water partition coefficient (Wildman–Crippen LogP) is 8.64. The molecule has 3 aromatic rings. The number of nitrogens with one attached hydrogen (secondary N) is 2. The van der Waals surface area contributed by atoms with Crippen molar-refractivity contribution in [3.63, 3.8) is 0 Å². The summed E-state index contributed by atoms with van der Waals surface area (Å²) in [6.45, 7) is 12.8. The lowest BCUT2D eigenvalue weighted by Crippen LogP contribution is -2.34. The molecule has 0 atom stereocenters. The molecule has 3 amide bonds. The van der Waals surface area contributed by atoms with Gasteiger partial charge in [0.2, 0.25) is 5.91 Å². The molecule has 0 radical (unpaired) electrons. The molecule has 11 nitrogen and oxygen atoms in total. The number of Topliss-reactive ketones (excluding diaryl/α,β-unsaturated/α-hetero) is 1. The van der Waals surface area contributed by atoms with Crippen LogP contribution in [0.1, 0.15) is 141 Å². The summed E-state index contributed by atoms with van der Waals surface area (Å²) in [5.74, 6) is 1.98. The number of fused-ring (bicyclic) bond motifs is 2. The molecule has 0 saturated heterocycles. The molecule has 1 aliphatic carbocycles. The number of aromatic nitrogens is 1. The summed E-state index contributed by atoms with van der Waals surface area (Å²) in [5, 5.41) is 6.01. The standard InChI is InChI=1S/C49H65N7O4/c1-5-23-56(24-6-2)49(60)40-26-38-19-20-39(28-44(38)54-46(50)29-40)48(59)53-42-27-41-32-55(25-21-43(41)52-30-42)31-35-13-17-37(18-14-35)47(58)51-22-7-8-45(57)36-15-11-34(12-16-36)10-9-33(3)4/h13-14,17-20,26-28,30,33-34,36H,5-12,15-16,21-25,29,31-32H2,1-4H3,(H2,50,54)(H,51,58)(H,53,59). The quantitative estimate of drug-likeness (QED) is 0.109. The molecule has 0 bridgehead atoms. The number of carbonyl (C=O) groups excluding carboxylic acids is 4. The van der Waals surface area contributed by atoms with Gasteiger partial charge < -0.3 is 21.3 Å². The van der Waals surface area contributed by atoms with Crippen LogP contribution in [0.3, 0.4) is 0 Å². The molecule has 1 aromatic heterocycles. The number of hydrogen-bond donors (Lipinski definition) is 3. The summed E-state index contributed by atoms with van der Waals surface area (Å²) in [4.78, 5) is 66.0. The summed E-state index contributed by atoms with van der Waals surface area (Å²) in [5.41, 5.74) is 13.0. The highest BCUT2D eigenvalue weighted by Gasteiger charge is 2.26. The fraction of sp³-hybridized carbons (Fsp3) is 0.510. The number of aliphatic imine (C=N–C) groups is 1.